The van der Waals surface area contributed by atoms with Crippen molar-refractivity contribution in [3.05, 3.63) is 0 Å². The minimum atomic E-state index is -0.999. The number of carbonyl (C=O) groups is 3. The van der Waals surface area contributed by atoms with Crippen LogP contribution in [0.4, 0.5) is 4.79 Å². The summed E-state index contributed by atoms with van der Waals surface area (Å²) in [5.41, 5.74) is 4.97. The Morgan fingerprint density at radius 3 is 2.44 bits per heavy atom. The number of hydrogen-bond acceptors (Lipinski definition) is 3. The highest BCUT2D eigenvalue weighted by atomic mass is 16.4. The molecule has 1 fully saturated rings. The number of rotatable bonds is 8. The van der Waals surface area contributed by atoms with Crippen LogP contribution in [0.5, 0.6) is 0 Å². The van der Waals surface area contributed by atoms with Crippen LogP contribution in [0, 0.1) is 5.92 Å². The van der Waals surface area contributed by atoms with E-state index in [0.29, 0.717) is 25.8 Å². The van der Waals surface area contributed by atoms with Gasteiger partial charge in [0.05, 0.1) is 0 Å². The highest BCUT2D eigenvalue weighted by molar-refractivity contribution is 5.83. The molecule has 7 nitrogen and oxygen atoms in total. The van der Waals surface area contributed by atoms with Gasteiger partial charge in [-0.3, -0.25) is 4.79 Å². The summed E-state index contributed by atoms with van der Waals surface area (Å²) in [4.78, 5) is 32.7. The number of carboxylic acids is 1. The van der Waals surface area contributed by atoms with E-state index in [1.54, 1.807) is 0 Å². The minimum Gasteiger partial charge on any atom is -0.480 e. The van der Waals surface area contributed by atoms with Crippen LogP contribution in [-0.4, -0.2) is 35.6 Å². The first kappa shape index (κ1) is 14.3. The molecule has 1 saturated carbocycles. The van der Waals surface area contributed by atoms with Crippen LogP contribution in [-0.2, 0) is 9.59 Å². The highest BCUT2D eigenvalue weighted by Gasteiger charge is 2.37. The molecule has 102 valence electrons. The van der Waals surface area contributed by atoms with E-state index in [2.05, 4.69) is 10.6 Å². The molecule has 0 aliphatic heterocycles. The number of unbranched alkanes of at least 4 members (excludes halogenated alkanes) is 1. The molecule has 0 heterocycles. The number of urea groups is 1. The quantitative estimate of drug-likeness (QED) is 0.450. The standard InChI is InChI=1S/C11H19N3O4/c12-8(15)3-1-2-6-13-11(18)14-9(10(16)17)7-4-5-7/h7,9H,1-6H2,(H2,12,15)(H,16,17)(H2,13,14,18). The second kappa shape index (κ2) is 6.83. The van der Waals surface area contributed by atoms with Gasteiger partial charge in [0.15, 0.2) is 0 Å². The summed E-state index contributed by atoms with van der Waals surface area (Å²) in [6.07, 6.45) is 3.23. The van der Waals surface area contributed by atoms with Crippen LogP contribution >= 0.6 is 0 Å². The second-order valence-corrected chi connectivity index (χ2v) is 4.48. The molecule has 0 saturated heterocycles. The largest absolute Gasteiger partial charge is 0.480 e. The average molecular weight is 257 g/mol. The molecular weight excluding hydrogens is 238 g/mol. The molecule has 1 atom stereocenters. The van der Waals surface area contributed by atoms with E-state index in [0.717, 1.165) is 12.8 Å². The molecule has 1 aliphatic carbocycles. The summed E-state index contributed by atoms with van der Waals surface area (Å²) in [6.45, 7) is 0.399. The van der Waals surface area contributed by atoms with E-state index in [-0.39, 0.29) is 11.8 Å². The van der Waals surface area contributed by atoms with Crippen LogP contribution in [0.15, 0.2) is 0 Å². The summed E-state index contributed by atoms with van der Waals surface area (Å²) in [7, 11) is 0. The zero-order valence-electron chi connectivity index (χ0n) is 10.1. The van der Waals surface area contributed by atoms with E-state index in [1.807, 2.05) is 0 Å². The van der Waals surface area contributed by atoms with Crippen LogP contribution < -0.4 is 16.4 Å². The topological polar surface area (TPSA) is 122 Å². The van der Waals surface area contributed by atoms with Gasteiger partial charge in [-0.05, 0) is 31.6 Å². The lowest BCUT2D eigenvalue weighted by atomic mass is 10.2. The van der Waals surface area contributed by atoms with Gasteiger partial charge in [0.25, 0.3) is 0 Å². The fourth-order valence-electron chi connectivity index (χ4n) is 1.63. The number of aliphatic carboxylic acids is 1. The molecule has 0 radical (unpaired) electrons. The molecular formula is C11H19N3O4. The number of hydrogen-bond donors (Lipinski definition) is 4. The summed E-state index contributed by atoms with van der Waals surface area (Å²) in [6, 6.07) is -1.27. The molecule has 0 aromatic heterocycles. The smallest absolute Gasteiger partial charge is 0.326 e. The Balaban J connectivity index is 2.12. The maximum atomic E-state index is 11.4. The monoisotopic (exact) mass is 257 g/mol. The fraction of sp³-hybridized carbons (Fsp3) is 0.727. The maximum absolute atomic E-state index is 11.4. The van der Waals surface area contributed by atoms with E-state index < -0.39 is 18.0 Å². The third kappa shape index (κ3) is 5.51. The molecule has 0 aromatic carbocycles. The number of amides is 3. The van der Waals surface area contributed by atoms with Crippen molar-refractivity contribution in [3.63, 3.8) is 0 Å². The summed E-state index contributed by atoms with van der Waals surface area (Å²) in [5, 5.41) is 13.9. The number of carboxylic acid groups (broad SMARTS) is 1. The van der Waals surface area contributed by atoms with E-state index in [9.17, 15) is 14.4 Å². The van der Waals surface area contributed by atoms with Gasteiger partial charge in [0.2, 0.25) is 5.91 Å². The van der Waals surface area contributed by atoms with Gasteiger partial charge in [-0.15, -0.1) is 0 Å². The number of nitrogens with one attached hydrogen (secondary N) is 2. The Bertz CT molecular complexity index is 328. The Morgan fingerprint density at radius 2 is 1.94 bits per heavy atom. The van der Waals surface area contributed by atoms with Gasteiger partial charge in [-0.1, -0.05) is 0 Å². The molecule has 5 N–H and O–H groups in total. The average Bonchev–Trinajstić information content (AvgIpc) is 3.08. The highest BCUT2D eigenvalue weighted by Crippen LogP contribution is 2.32. The van der Waals surface area contributed by atoms with Crippen LogP contribution in [0.3, 0.4) is 0 Å². The zero-order valence-corrected chi connectivity index (χ0v) is 10.1. The summed E-state index contributed by atoms with van der Waals surface area (Å²) >= 11 is 0. The first-order chi connectivity index (χ1) is 8.50. The van der Waals surface area contributed by atoms with Crippen molar-refractivity contribution >= 4 is 17.9 Å². The number of primary amides is 1. The predicted molar refractivity (Wildman–Crippen MR) is 63.7 cm³/mol. The van der Waals surface area contributed by atoms with Crippen molar-refractivity contribution in [1.29, 1.82) is 0 Å². The third-order valence-corrected chi connectivity index (χ3v) is 2.78. The van der Waals surface area contributed by atoms with Crippen molar-refractivity contribution < 1.29 is 19.5 Å². The molecule has 7 heteroatoms. The van der Waals surface area contributed by atoms with E-state index >= 15 is 0 Å². The maximum Gasteiger partial charge on any atom is 0.326 e. The van der Waals surface area contributed by atoms with Crippen LogP contribution in [0.25, 0.3) is 0 Å². The molecule has 1 unspecified atom stereocenters. The van der Waals surface area contributed by atoms with Gasteiger partial charge in [-0.25, -0.2) is 9.59 Å². The Hall–Kier alpha value is -1.79. The van der Waals surface area contributed by atoms with Crippen molar-refractivity contribution in [3.8, 4) is 0 Å². The minimum absolute atomic E-state index is 0.0584. The Labute approximate surface area is 105 Å². The lowest BCUT2D eigenvalue weighted by Gasteiger charge is -2.14. The first-order valence-corrected chi connectivity index (χ1v) is 6.06. The Morgan fingerprint density at radius 1 is 1.28 bits per heavy atom. The van der Waals surface area contributed by atoms with Crippen molar-refractivity contribution in [1.82, 2.24) is 10.6 Å². The van der Waals surface area contributed by atoms with Gasteiger partial charge in [-0.2, -0.15) is 0 Å². The third-order valence-electron chi connectivity index (χ3n) is 2.78. The van der Waals surface area contributed by atoms with E-state index in [4.69, 9.17) is 10.8 Å². The van der Waals surface area contributed by atoms with Gasteiger partial charge in [0.1, 0.15) is 6.04 Å². The SMILES string of the molecule is NC(=O)CCCCNC(=O)NC(C(=O)O)C1CC1. The lowest BCUT2D eigenvalue weighted by molar-refractivity contribution is -0.139. The van der Waals surface area contributed by atoms with Crippen LogP contribution in [0.1, 0.15) is 32.1 Å². The molecule has 1 rings (SSSR count). The van der Waals surface area contributed by atoms with Crippen LogP contribution in [0.2, 0.25) is 0 Å². The van der Waals surface area contributed by atoms with Crippen molar-refractivity contribution in [2.24, 2.45) is 11.7 Å². The molecule has 18 heavy (non-hydrogen) atoms. The normalized spacial score (nSPS) is 15.8. The number of nitrogens with two attached hydrogens (primary N) is 1. The van der Waals surface area contributed by atoms with Gasteiger partial charge in [0, 0.05) is 13.0 Å². The molecule has 1 aliphatic rings. The number of carbonyl (C=O) groups excluding carboxylic acids is 2. The Kier molecular flexibility index (Phi) is 5.41. The summed E-state index contributed by atoms with van der Waals surface area (Å²) < 4.78 is 0. The van der Waals surface area contributed by atoms with Crippen molar-refractivity contribution in [2.75, 3.05) is 6.54 Å². The van der Waals surface area contributed by atoms with E-state index in [1.165, 1.54) is 0 Å². The van der Waals surface area contributed by atoms with Gasteiger partial charge < -0.3 is 21.5 Å². The summed E-state index contributed by atoms with van der Waals surface area (Å²) in [5.74, 6) is -1.30. The molecule has 3 amide bonds. The first-order valence-electron chi connectivity index (χ1n) is 6.06. The lowest BCUT2D eigenvalue weighted by Crippen LogP contribution is -2.47. The van der Waals surface area contributed by atoms with Crippen molar-refractivity contribution in [2.45, 2.75) is 38.1 Å². The fourth-order valence-corrected chi connectivity index (χ4v) is 1.63. The van der Waals surface area contributed by atoms with Gasteiger partial charge >= 0.3 is 12.0 Å². The predicted octanol–water partition coefficient (Wildman–Crippen LogP) is -0.196. The molecule has 0 aromatic rings. The molecule has 0 bridgehead atoms. The molecule has 0 spiro atoms. The zero-order chi connectivity index (χ0) is 13.5. The second-order valence-electron chi connectivity index (χ2n) is 4.48.